The van der Waals surface area contributed by atoms with E-state index in [2.05, 4.69) is 25.1 Å². The van der Waals surface area contributed by atoms with Crippen LogP contribution in [0.1, 0.15) is 23.9 Å². The molecule has 0 saturated carbocycles. The third-order valence-corrected chi connectivity index (χ3v) is 4.90. The molecule has 1 unspecified atom stereocenters. The molecule has 9 nitrogen and oxygen atoms in total. The predicted octanol–water partition coefficient (Wildman–Crippen LogP) is 1.76. The first-order valence-electron chi connectivity index (χ1n) is 9.48. The van der Waals surface area contributed by atoms with Crippen molar-refractivity contribution in [2.24, 2.45) is 7.05 Å². The van der Waals surface area contributed by atoms with Crippen molar-refractivity contribution in [1.82, 2.24) is 29.5 Å². The first-order valence-corrected chi connectivity index (χ1v) is 9.48. The van der Waals surface area contributed by atoms with Crippen LogP contribution in [0.25, 0.3) is 0 Å². The van der Waals surface area contributed by atoms with Gasteiger partial charge in [0.05, 0.1) is 25.5 Å². The average Bonchev–Trinajstić information content (AvgIpc) is 3.33. The van der Waals surface area contributed by atoms with Crippen molar-refractivity contribution in [2.45, 2.75) is 26.0 Å². The van der Waals surface area contributed by atoms with E-state index in [9.17, 15) is 0 Å². The molecule has 0 bridgehead atoms. The first kappa shape index (κ1) is 18.4. The van der Waals surface area contributed by atoms with E-state index in [0.717, 1.165) is 36.7 Å². The topological polar surface area (TPSA) is 83.1 Å². The molecule has 1 saturated heterocycles. The van der Waals surface area contributed by atoms with Gasteiger partial charge in [0.25, 0.3) is 0 Å². The largest absolute Gasteiger partial charge is 0.477 e. The number of aromatic nitrogens is 6. The molecule has 4 heterocycles. The van der Waals surface area contributed by atoms with E-state index < -0.39 is 0 Å². The van der Waals surface area contributed by atoms with Crippen LogP contribution in [0.15, 0.2) is 36.9 Å². The van der Waals surface area contributed by atoms with E-state index in [-0.39, 0.29) is 6.10 Å². The van der Waals surface area contributed by atoms with Crippen LogP contribution in [0.5, 0.6) is 5.88 Å². The van der Waals surface area contributed by atoms with Crippen LogP contribution in [0.2, 0.25) is 0 Å². The number of nitrogens with zero attached hydrogens (tertiary/aromatic N) is 7. The lowest BCUT2D eigenvalue weighted by Gasteiger charge is -2.33. The van der Waals surface area contributed by atoms with Crippen molar-refractivity contribution >= 4 is 5.82 Å². The molecule has 0 spiro atoms. The van der Waals surface area contributed by atoms with Crippen LogP contribution >= 0.6 is 0 Å². The van der Waals surface area contributed by atoms with Gasteiger partial charge < -0.3 is 14.4 Å². The Labute approximate surface area is 163 Å². The minimum Gasteiger partial charge on any atom is -0.477 e. The van der Waals surface area contributed by atoms with Crippen LogP contribution in [-0.4, -0.2) is 55.8 Å². The third-order valence-electron chi connectivity index (χ3n) is 4.90. The molecular formula is C19H25N7O2. The van der Waals surface area contributed by atoms with Crippen LogP contribution in [0, 0.1) is 6.92 Å². The maximum Gasteiger partial charge on any atom is 0.218 e. The number of ether oxygens (including phenoxy) is 2. The zero-order valence-electron chi connectivity index (χ0n) is 16.2. The van der Waals surface area contributed by atoms with Crippen molar-refractivity contribution in [1.29, 1.82) is 0 Å². The highest BCUT2D eigenvalue weighted by Gasteiger charge is 2.25. The summed E-state index contributed by atoms with van der Waals surface area (Å²) in [5.41, 5.74) is 2.21. The number of hydrogen-bond acceptors (Lipinski definition) is 7. The second-order valence-electron chi connectivity index (χ2n) is 6.80. The summed E-state index contributed by atoms with van der Waals surface area (Å²) in [6, 6.07) is 5.88. The summed E-state index contributed by atoms with van der Waals surface area (Å²) in [4.78, 5) is 10.9. The number of hydrogen-bond donors (Lipinski definition) is 0. The van der Waals surface area contributed by atoms with E-state index in [1.54, 1.807) is 12.5 Å². The summed E-state index contributed by atoms with van der Waals surface area (Å²) in [5.74, 6) is 1.44. The number of rotatable bonds is 7. The zero-order valence-corrected chi connectivity index (χ0v) is 16.2. The molecule has 1 atom stereocenters. The smallest absolute Gasteiger partial charge is 0.218 e. The molecule has 28 heavy (non-hydrogen) atoms. The van der Waals surface area contributed by atoms with Gasteiger partial charge >= 0.3 is 0 Å². The number of morpholine rings is 1. The standard InChI is InChI=1S/C19H25N7O2/c1-15-4-6-23-26(15)8-3-10-28-19-12-18(20-14-21-19)25-9-11-27-17(13-25)16-5-7-22-24(16)2/h4-7,12,14,17H,3,8-11,13H2,1-2H3. The van der Waals surface area contributed by atoms with Crippen molar-refractivity contribution in [3.8, 4) is 5.88 Å². The molecule has 4 rings (SSSR count). The minimum absolute atomic E-state index is 0.0297. The molecule has 148 valence electrons. The Morgan fingerprint density at radius 2 is 2.11 bits per heavy atom. The first-order chi connectivity index (χ1) is 13.7. The van der Waals surface area contributed by atoms with E-state index in [1.165, 1.54) is 0 Å². The Morgan fingerprint density at radius 3 is 2.89 bits per heavy atom. The summed E-state index contributed by atoms with van der Waals surface area (Å²) in [5, 5.41) is 8.52. The lowest BCUT2D eigenvalue weighted by atomic mass is 10.2. The fraction of sp³-hybridized carbons (Fsp3) is 0.474. The molecule has 1 fully saturated rings. The van der Waals surface area contributed by atoms with Crippen LogP contribution in [-0.2, 0) is 18.3 Å². The Hall–Kier alpha value is -2.94. The maximum atomic E-state index is 5.92. The summed E-state index contributed by atoms with van der Waals surface area (Å²) in [6.07, 6.45) is 5.99. The average molecular weight is 383 g/mol. The molecule has 0 radical (unpaired) electrons. The Morgan fingerprint density at radius 1 is 1.21 bits per heavy atom. The van der Waals surface area contributed by atoms with E-state index >= 15 is 0 Å². The summed E-state index contributed by atoms with van der Waals surface area (Å²) < 4.78 is 15.6. The Balaban J connectivity index is 1.34. The second-order valence-corrected chi connectivity index (χ2v) is 6.80. The molecular weight excluding hydrogens is 358 g/mol. The molecule has 0 N–H and O–H groups in total. The van der Waals surface area contributed by atoms with Crippen molar-refractivity contribution < 1.29 is 9.47 Å². The van der Waals surface area contributed by atoms with Crippen LogP contribution in [0.3, 0.4) is 0 Å². The molecule has 0 amide bonds. The van der Waals surface area contributed by atoms with Crippen LogP contribution < -0.4 is 9.64 Å². The lowest BCUT2D eigenvalue weighted by Crippen LogP contribution is -2.39. The quantitative estimate of drug-likeness (QED) is 0.575. The van der Waals surface area contributed by atoms with Gasteiger partial charge in [-0.2, -0.15) is 10.2 Å². The van der Waals surface area contributed by atoms with Crippen molar-refractivity contribution in [3.05, 3.63) is 48.3 Å². The van der Waals surface area contributed by atoms with Gasteiger partial charge in [-0.05, 0) is 19.1 Å². The van der Waals surface area contributed by atoms with Crippen LogP contribution in [0.4, 0.5) is 5.82 Å². The summed E-state index contributed by atoms with van der Waals surface area (Å²) >= 11 is 0. The van der Waals surface area contributed by atoms with Gasteiger partial charge in [0.15, 0.2) is 0 Å². The highest BCUT2D eigenvalue weighted by Crippen LogP contribution is 2.25. The van der Waals surface area contributed by atoms with E-state index in [1.807, 2.05) is 47.7 Å². The fourth-order valence-electron chi connectivity index (χ4n) is 3.34. The Bertz CT molecular complexity index is 907. The van der Waals surface area contributed by atoms with Gasteiger partial charge in [-0.25, -0.2) is 9.97 Å². The molecule has 0 aliphatic carbocycles. The van der Waals surface area contributed by atoms with Gasteiger partial charge in [-0.3, -0.25) is 9.36 Å². The normalized spacial score (nSPS) is 17.1. The van der Waals surface area contributed by atoms with Gasteiger partial charge in [0.2, 0.25) is 5.88 Å². The Kier molecular flexibility index (Phi) is 5.52. The SMILES string of the molecule is Cc1ccnn1CCCOc1cc(N2CCOC(c3ccnn3C)C2)ncn1. The molecule has 0 aromatic carbocycles. The highest BCUT2D eigenvalue weighted by molar-refractivity contribution is 5.41. The maximum absolute atomic E-state index is 5.92. The molecule has 1 aliphatic heterocycles. The summed E-state index contributed by atoms with van der Waals surface area (Å²) in [6.45, 7) is 5.59. The third kappa shape index (κ3) is 4.14. The fourth-order valence-corrected chi connectivity index (χ4v) is 3.34. The van der Waals surface area contributed by atoms with E-state index in [4.69, 9.17) is 9.47 Å². The molecule has 9 heteroatoms. The lowest BCUT2D eigenvalue weighted by molar-refractivity contribution is 0.0343. The molecule has 1 aliphatic rings. The zero-order chi connectivity index (χ0) is 19.3. The van der Waals surface area contributed by atoms with Crippen molar-refractivity contribution in [2.75, 3.05) is 31.2 Å². The molecule has 3 aromatic rings. The highest BCUT2D eigenvalue weighted by atomic mass is 16.5. The van der Waals surface area contributed by atoms with Gasteiger partial charge in [-0.1, -0.05) is 0 Å². The van der Waals surface area contributed by atoms with Gasteiger partial charge in [0.1, 0.15) is 18.2 Å². The summed E-state index contributed by atoms with van der Waals surface area (Å²) in [7, 11) is 1.93. The molecule has 3 aromatic heterocycles. The van der Waals surface area contributed by atoms with Gasteiger partial charge in [-0.15, -0.1) is 0 Å². The van der Waals surface area contributed by atoms with E-state index in [0.29, 0.717) is 25.6 Å². The van der Waals surface area contributed by atoms with Crippen molar-refractivity contribution in [3.63, 3.8) is 0 Å². The number of aryl methyl sites for hydroxylation is 3. The second kappa shape index (κ2) is 8.39. The minimum atomic E-state index is -0.0297. The predicted molar refractivity (Wildman–Crippen MR) is 103 cm³/mol. The number of anilines is 1. The van der Waals surface area contributed by atoms with Gasteiger partial charge in [0, 0.05) is 50.7 Å². The monoisotopic (exact) mass is 383 g/mol.